The van der Waals surface area contributed by atoms with Crippen molar-refractivity contribution in [1.82, 2.24) is 9.78 Å². The second-order valence-electron chi connectivity index (χ2n) is 3.95. The Labute approximate surface area is 104 Å². The van der Waals surface area contributed by atoms with E-state index in [9.17, 15) is 10.1 Å². The highest BCUT2D eigenvalue weighted by molar-refractivity contribution is 6.29. The Bertz CT molecular complexity index is 453. The average Bonchev–Trinajstić information content (AvgIpc) is 2.52. The van der Waals surface area contributed by atoms with Crippen LogP contribution in [-0.2, 0) is 0 Å². The van der Waals surface area contributed by atoms with E-state index in [0.717, 1.165) is 0 Å². The molecule has 1 aromatic rings. The minimum Gasteiger partial charge on any atom is -0.360 e. The van der Waals surface area contributed by atoms with Gasteiger partial charge in [-0.05, 0) is 20.8 Å². The molecule has 0 aromatic carbocycles. The molecule has 0 saturated heterocycles. The first-order valence-corrected chi connectivity index (χ1v) is 5.53. The van der Waals surface area contributed by atoms with Crippen LogP contribution in [-0.4, -0.2) is 21.2 Å². The van der Waals surface area contributed by atoms with Crippen molar-refractivity contribution >= 4 is 23.1 Å². The Kier molecular flexibility index (Phi) is 4.11. The molecule has 6 nitrogen and oxygen atoms in total. The summed E-state index contributed by atoms with van der Waals surface area (Å²) in [6, 6.07) is 0.0218. The van der Waals surface area contributed by atoms with Crippen molar-refractivity contribution in [1.29, 1.82) is 0 Å². The molecule has 0 saturated carbocycles. The molecule has 0 atom stereocenters. The summed E-state index contributed by atoms with van der Waals surface area (Å²) in [5.74, 6) is 0.365. The first-order chi connectivity index (χ1) is 7.84. The highest BCUT2D eigenvalue weighted by Crippen LogP contribution is 2.30. The van der Waals surface area contributed by atoms with Crippen LogP contribution in [0.3, 0.4) is 0 Å². The number of nitro groups is 1. The molecule has 1 rings (SSSR count). The summed E-state index contributed by atoms with van der Waals surface area (Å²) in [7, 11) is 0. The van der Waals surface area contributed by atoms with E-state index in [-0.39, 0.29) is 18.3 Å². The molecule has 0 fully saturated rings. The van der Waals surface area contributed by atoms with Crippen molar-refractivity contribution in [3.8, 4) is 0 Å². The monoisotopic (exact) mass is 258 g/mol. The molecule has 0 unspecified atom stereocenters. The van der Waals surface area contributed by atoms with Crippen LogP contribution in [0.2, 0.25) is 0 Å². The third-order valence-electron chi connectivity index (χ3n) is 2.17. The molecule has 1 aromatic heterocycles. The zero-order chi connectivity index (χ0) is 13.2. The third-order valence-corrected chi connectivity index (χ3v) is 2.31. The van der Waals surface area contributed by atoms with Gasteiger partial charge in [0.15, 0.2) is 0 Å². The summed E-state index contributed by atoms with van der Waals surface area (Å²) in [5.41, 5.74) is 0.364. The Morgan fingerprint density at radius 2 is 2.29 bits per heavy atom. The van der Waals surface area contributed by atoms with Crippen LogP contribution >= 0.6 is 11.6 Å². The lowest BCUT2D eigenvalue weighted by Crippen LogP contribution is -2.11. The van der Waals surface area contributed by atoms with Crippen molar-refractivity contribution in [3.05, 3.63) is 27.4 Å². The highest BCUT2D eigenvalue weighted by atomic mass is 35.5. The van der Waals surface area contributed by atoms with Gasteiger partial charge in [0, 0.05) is 11.1 Å². The normalized spacial score (nSPS) is 10.6. The molecule has 0 aliphatic rings. The summed E-state index contributed by atoms with van der Waals surface area (Å²) < 4.78 is 1.58. The standard InChI is InChI=1S/C10H15ClN4O2/c1-6(2)14-10(12-5-7(3)11)9(15(16)17)8(4)13-14/h6,12H,3,5H2,1-2,4H3. The van der Waals surface area contributed by atoms with Crippen LogP contribution in [0.25, 0.3) is 0 Å². The largest absolute Gasteiger partial charge is 0.360 e. The lowest BCUT2D eigenvalue weighted by atomic mass is 10.3. The van der Waals surface area contributed by atoms with E-state index < -0.39 is 4.92 Å². The number of anilines is 1. The van der Waals surface area contributed by atoms with Crippen LogP contribution < -0.4 is 5.32 Å². The fraction of sp³-hybridized carbons (Fsp3) is 0.500. The molecular weight excluding hydrogens is 244 g/mol. The van der Waals surface area contributed by atoms with E-state index in [0.29, 0.717) is 16.5 Å². The van der Waals surface area contributed by atoms with Crippen molar-refractivity contribution in [3.63, 3.8) is 0 Å². The molecular formula is C10H15ClN4O2. The Morgan fingerprint density at radius 3 is 2.71 bits per heavy atom. The maximum Gasteiger partial charge on any atom is 0.333 e. The van der Waals surface area contributed by atoms with Crippen LogP contribution in [0, 0.1) is 17.0 Å². The van der Waals surface area contributed by atoms with Crippen LogP contribution in [0.15, 0.2) is 11.6 Å². The van der Waals surface area contributed by atoms with Gasteiger partial charge in [0.2, 0.25) is 5.82 Å². The number of halogens is 1. The van der Waals surface area contributed by atoms with Crippen LogP contribution in [0.4, 0.5) is 11.5 Å². The second kappa shape index (κ2) is 5.18. The summed E-state index contributed by atoms with van der Waals surface area (Å²) in [5, 5.41) is 18.4. The second-order valence-corrected chi connectivity index (χ2v) is 4.48. The third kappa shape index (κ3) is 2.97. The molecule has 0 aliphatic heterocycles. The van der Waals surface area contributed by atoms with E-state index >= 15 is 0 Å². The summed E-state index contributed by atoms with van der Waals surface area (Å²) in [6.45, 7) is 9.20. The quantitative estimate of drug-likeness (QED) is 0.651. The maximum atomic E-state index is 11.0. The van der Waals surface area contributed by atoms with Gasteiger partial charge in [-0.15, -0.1) is 0 Å². The lowest BCUT2D eigenvalue weighted by Gasteiger charge is -2.11. The Hall–Kier alpha value is -1.56. The summed E-state index contributed by atoms with van der Waals surface area (Å²) >= 11 is 5.64. The molecule has 94 valence electrons. The molecule has 1 heterocycles. The topological polar surface area (TPSA) is 73.0 Å². The van der Waals surface area contributed by atoms with Gasteiger partial charge in [-0.3, -0.25) is 10.1 Å². The van der Waals surface area contributed by atoms with E-state index in [4.69, 9.17) is 11.6 Å². The van der Waals surface area contributed by atoms with Crippen LogP contribution in [0.1, 0.15) is 25.6 Å². The van der Waals surface area contributed by atoms with Gasteiger partial charge in [0.1, 0.15) is 5.69 Å². The minimum atomic E-state index is -0.444. The molecule has 0 amide bonds. The van der Waals surface area contributed by atoms with E-state index in [1.807, 2.05) is 13.8 Å². The summed E-state index contributed by atoms with van der Waals surface area (Å²) in [6.07, 6.45) is 0. The Balaban J connectivity index is 3.20. The lowest BCUT2D eigenvalue weighted by molar-refractivity contribution is -0.384. The SMILES string of the molecule is C=C(Cl)CNc1c([N+](=O)[O-])c(C)nn1C(C)C. The number of aromatic nitrogens is 2. The van der Waals surface area contributed by atoms with Crippen molar-refractivity contribution in [2.75, 3.05) is 11.9 Å². The molecule has 0 bridgehead atoms. The van der Waals surface area contributed by atoms with Crippen molar-refractivity contribution < 1.29 is 4.92 Å². The van der Waals surface area contributed by atoms with Gasteiger partial charge in [0.25, 0.3) is 0 Å². The zero-order valence-electron chi connectivity index (χ0n) is 10.0. The number of rotatable bonds is 5. The number of nitrogens with one attached hydrogen (secondary N) is 1. The molecule has 7 heteroatoms. The van der Waals surface area contributed by atoms with Crippen molar-refractivity contribution in [2.24, 2.45) is 0 Å². The van der Waals surface area contributed by atoms with Gasteiger partial charge in [0.05, 0.1) is 11.5 Å². The number of hydrogen-bond donors (Lipinski definition) is 1. The Morgan fingerprint density at radius 1 is 1.71 bits per heavy atom. The predicted molar refractivity (Wildman–Crippen MR) is 67.5 cm³/mol. The highest BCUT2D eigenvalue weighted by Gasteiger charge is 2.26. The smallest absolute Gasteiger partial charge is 0.333 e. The number of nitrogens with zero attached hydrogens (tertiary/aromatic N) is 3. The molecule has 17 heavy (non-hydrogen) atoms. The first-order valence-electron chi connectivity index (χ1n) is 5.15. The number of hydrogen-bond acceptors (Lipinski definition) is 4. The van der Waals surface area contributed by atoms with Crippen LogP contribution in [0.5, 0.6) is 0 Å². The first kappa shape index (κ1) is 13.5. The molecule has 0 radical (unpaired) electrons. The van der Waals surface area contributed by atoms with Crippen molar-refractivity contribution in [2.45, 2.75) is 26.8 Å². The fourth-order valence-corrected chi connectivity index (χ4v) is 1.54. The maximum absolute atomic E-state index is 11.0. The fourth-order valence-electron chi connectivity index (χ4n) is 1.48. The molecule has 0 aliphatic carbocycles. The van der Waals surface area contributed by atoms with E-state index in [1.54, 1.807) is 11.6 Å². The zero-order valence-corrected chi connectivity index (χ0v) is 10.8. The van der Waals surface area contributed by atoms with Gasteiger partial charge in [-0.2, -0.15) is 5.10 Å². The van der Waals surface area contributed by atoms with E-state index in [1.165, 1.54) is 0 Å². The van der Waals surface area contributed by atoms with Gasteiger partial charge in [-0.1, -0.05) is 18.2 Å². The molecule has 1 N–H and O–H groups in total. The minimum absolute atomic E-state index is 0.0170. The summed E-state index contributed by atoms with van der Waals surface area (Å²) in [4.78, 5) is 10.5. The average molecular weight is 259 g/mol. The predicted octanol–water partition coefficient (Wildman–Crippen LogP) is 2.85. The number of aryl methyl sites for hydroxylation is 1. The van der Waals surface area contributed by atoms with Gasteiger partial charge < -0.3 is 5.32 Å². The molecule has 0 spiro atoms. The van der Waals surface area contributed by atoms with E-state index in [2.05, 4.69) is 17.0 Å². The van der Waals surface area contributed by atoms with Gasteiger partial charge >= 0.3 is 5.69 Å². The van der Waals surface area contributed by atoms with Gasteiger partial charge in [-0.25, -0.2) is 4.68 Å².